The molecule has 0 bridgehead atoms. The Bertz CT molecular complexity index is 1550. The highest BCUT2D eigenvalue weighted by molar-refractivity contribution is 6.13. The van der Waals surface area contributed by atoms with Crippen LogP contribution in [0.25, 0.3) is 38.6 Å². The maximum Gasteiger partial charge on any atom is 0.0778 e. The van der Waals surface area contributed by atoms with Crippen molar-refractivity contribution in [2.75, 3.05) is 11.9 Å². The first-order valence-corrected chi connectivity index (χ1v) is 11.3. The third-order valence-corrected chi connectivity index (χ3v) is 6.41. The Labute approximate surface area is 194 Å². The Balaban J connectivity index is 1.59. The summed E-state index contributed by atoms with van der Waals surface area (Å²) in [5.41, 5.74) is 8.40. The van der Waals surface area contributed by atoms with Crippen molar-refractivity contribution in [3.63, 3.8) is 0 Å². The molecule has 0 atom stereocenters. The molecule has 0 fully saturated rings. The van der Waals surface area contributed by atoms with Gasteiger partial charge in [0.05, 0.1) is 16.7 Å². The van der Waals surface area contributed by atoms with E-state index in [1.807, 2.05) is 0 Å². The minimum absolute atomic E-state index is 1.16. The van der Waals surface area contributed by atoms with Gasteiger partial charge in [-0.1, -0.05) is 91.0 Å². The van der Waals surface area contributed by atoms with E-state index in [9.17, 15) is 0 Å². The van der Waals surface area contributed by atoms with Gasteiger partial charge in [0.2, 0.25) is 0 Å². The first-order valence-electron chi connectivity index (χ1n) is 11.3. The number of para-hydroxylation sites is 3. The molecule has 0 saturated heterocycles. The van der Waals surface area contributed by atoms with E-state index in [0.717, 1.165) is 5.69 Å². The summed E-state index contributed by atoms with van der Waals surface area (Å²) in [7, 11) is 2.14. The van der Waals surface area contributed by atoms with Gasteiger partial charge in [-0.25, -0.2) is 0 Å². The number of hydrogen-bond acceptors (Lipinski definition) is 1. The van der Waals surface area contributed by atoms with Crippen LogP contribution in [0, 0.1) is 0 Å². The Kier molecular flexibility index (Phi) is 4.70. The van der Waals surface area contributed by atoms with Gasteiger partial charge in [-0.3, -0.25) is 0 Å². The molecule has 5 aromatic carbocycles. The van der Waals surface area contributed by atoms with Crippen LogP contribution in [-0.2, 0) is 0 Å². The fourth-order valence-electron chi connectivity index (χ4n) is 4.76. The summed E-state index contributed by atoms with van der Waals surface area (Å²) in [6.45, 7) is 0. The number of hydrogen-bond donors (Lipinski definition) is 0. The van der Waals surface area contributed by atoms with Gasteiger partial charge in [-0.2, -0.15) is 0 Å². The zero-order valence-electron chi connectivity index (χ0n) is 18.5. The fraction of sp³-hybridized carbons (Fsp3) is 0.0323. The van der Waals surface area contributed by atoms with Crippen molar-refractivity contribution < 1.29 is 0 Å². The first kappa shape index (κ1) is 19.4. The molecule has 0 aliphatic rings. The molecular formula is C31H24N2. The molecule has 6 rings (SSSR count). The third-order valence-electron chi connectivity index (χ3n) is 6.41. The maximum absolute atomic E-state index is 2.40. The number of fused-ring (bicyclic) bond motifs is 3. The van der Waals surface area contributed by atoms with Gasteiger partial charge in [0.1, 0.15) is 0 Å². The molecular weight excluding hydrogens is 400 g/mol. The van der Waals surface area contributed by atoms with Crippen molar-refractivity contribution in [1.29, 1.82) is 0 Å². The molecule has 33 heavy (non-hydrogen) atoms. The van der Waals surface area contributed by atoms with Gasteiger partial charge < -0.3 is 9.47 Å². The van der Waals surface area contributed by atoms with Gasteiger partial charge in [-0.15, -0.1) is 0 Å². The Morgan fingerprint density at radius 1 is 0.515 bits per heavy atom. The van der Waals surface area contributed by atoms with Crippen LogP contribution in [-0.4, -0.2) is 11.6 Å². The van der Waals surface area contributed by atoms with E-state index < -0.39 is 0 Å². The summed E-state index contributed by atoms with van der Waals surface area (Å²) < 4.78 is 2.40. The van der Waals surface area contributed by atoms with Crippen molar-refractivity contribution in [3.05, 3.63) is 127 Å². The molecule has 2 nitrogen and oxygen atoms in total. The lowest BCUT2D eigenvalue weighted by Gasteiger charge is -2.22. The van der Waals surface area contributed by atoms with E-state index in [0.29, 0.717) is 0 Å². The molecule has 0 aliphatic carbocycles. The van der Waals surface area contributed by atoms with Gasteiger partial charge in [-0.05, 0) is 47.5 Å². The molecule has 0 spiro atoms. The topological polar surface area (TPSA) is 8.17 Å². The average molecular weight is 425 g/mol. The van der Waals surface area contributed by atoms with Crippen molar-refractivity contribution in [2.24, 2.45) is 0 Å². The predicted octanol–water partition coefficient (Wildman–Crippen LogP) is 8.22. The maximum atomic E-state index is 2.40. The molecule has 0 N–H and O–H groups in total. The second-order valence-corrected chi connectivity index (χ2v) is 8.33. The number of rotatable bonds is 4. The van der Waals surface area contributed by atoms with Crippen LogP contribution in [0.1, 0.15) is 0 Å². The second-order valence-electron chi connectivity index (χ2n) is 8.33. The summed E-state index contributed by atoms with van der Waals surface area (Å²) in [6, 6.07) is 45.3. The molecule has 158 valence electrons. The number of nitrogens with zero attached hydrogens (tertiary/aromatic N) is 2. The van der Waals surface area contributed by atoms with E-state index >= 15 is 0 Å². The number of aromatic nitrogens is 1. The van der Waals surface area contributed by atoms with Gasteiger partial charge >= 0.3 is 0 Å². The van der Waals surface area contributed by atoms with Gasteiger partial charge in [0, 0.05) is 29.2 Å². The minimum Gasteiger partial charge on any atom is -0.343 e. The van der Waals surface area contributed by atoms with Crippen molar-refractivity contribution >= 4 is 33.2 Å². The number of anilines is 2. The van der Waals surface area contributed by atoms with E-state index in [1.54, 1.807) is 0 Å². The van der Waals surface area contributed by atoms with Crippen LogP contribution < -0.4 is 4.90 Å². The van der Waals surface area contributed by atoms with E-state index in [4.69, 9.17) is 0 Å². The van der Waals surface area contributed by atoms with E-state index in [2.05, 4.69) is 144 Å². The van der Waals surface area contributed by atoms with Crippen LogP contribution in [0.5, 0.6) is 0 Å². The van der Waals surface area contributed by atoms with Crippen LogP contribution in [0.4, 0.5) is 11.4 Å². The molecule has 0 unspecified atom stereocenters. The highest BCUT2D eigenvalue weighted by atomic mass is 15.1. The van der Waals surface area contributed by atoms with Crippen LogP contribution in [0.15, 0.2) is 127 Å². The van der Waals surface area contributed by atoms with Crippen molar-refractivity contribution in [2.45, 2.75) is 0 Å². The van der Waals surface area contributed by atoms with E-state index in [1.165, 1.54) is 44.3 Å². The summed E-state index contributed by atoms with van der Waals surface area (Å²) >= 11 is 0. The van der Waals surface area contributed by atoms with Crippen LogP contribution in [0.3, 0.4) is 0 Å². The average Bonchev–Trinajstić information content (AvgIpc) is 3.24. The lowest BCUT2D eigenvalue weighted by molar-refractivity contribution is 1.15. The minimum atomic E-state index is 1.16. The Morgan fingerprint density at radius 3 is 1.88 bits per heavy atom. The third kappa shape index (κ3) is 3.28. The molecule has 1 heterocycles. The Morgan fingerprint density at radius 2 is 1.12 bits per heavy atom. The normalized spacial score (nSPS) is 11.2. The quantitative estimate of drug-likeness (QED) is 0.277. The molecule has 1 aromatic heterocycles. The largest absolute Gasteiger partial charge is 0.343 e. The molecule has 0 aliphatic heterocycles. The van der Waals surface area contributed by atoms with Crippen molar-refractivity contribution in [3.8, 4) is 16.8 Å². The molecule has 0 saturated carbocycles. The van der Waals surface area contributed by atoms with Gasteiger partial charge in [0.15, 0.2) is 0 Å². The summed E-state index contributed by atoms with van der Waals surface area (Å²) in [6.07, 6.45) is 0. The Hall–Kier alpha value is -4.30. The van der Waals surface area contributed by atoms with Crippen LogP contribution in [0.2, 0.25) is 0 Å². The lowest BCUT2D eigenvalue weighted by Crippen LogP contribution is -2.11. The summed E-state index contributed by atoms with van der Waals surface area (Å²) in [5.74, 6) is 0. The highest BCUT2D eigenvalue weighted by Gasteiger charge is 2.17. The molecule has 0 radical (unpaired) electrons. The molecule has 2 heteroatoms. The smallest absolute Gasteiger partial charge is 0.0778 e. The van der Waals surface area contributed by atoms with Gasteiger partial charge in [0.25, 0.3) is 0 Å². The zero-order valence-corrected chi connectivity index (χ0v) is 18.5. The van der Waals surface area contributed by atoms with Crippen LogP contribution >= 0.6 is 0 Å². The lowest BCUT2D eigenvalue weighted by atomic mass is 10.1. The highest BCUT2D eigenvalue weighted by Crippen LogP contribution is 2.39. The van der Waals surface area contributed by atoms with E-state index in [-0.39, 0.29) is 0 Å². The second kappa shape index (κ2) is 7.99. The monoisotopic (exact) mass is 424 g/mol. The fourth-order valence-corrected chi connectivity index (χ4v) is 4.76. The number of benzene rings is 5. The summed E-state index contributed by atoms with van der Waals surface area (Å²) in [4.78, 5) is 2.27. The standard InChI is InChI=1S/C31H24N2/c1-32(25-13-6-3-7-14-25)30-18-10-16-28-27-15-8-9-17-29(27)33(31(28)30)26-21-19-24(20-22-26)23-11-4-2-5-12-23/h2-22H,1H3. The molecule has 6 aromatic rings. The SMILES string of the molecule is CN(c1ccccc1)c1cccc2c3ccccc3n(-c3ccc(-c4ccccc4)cc3)c12. The first-order chi connectivity index (χ1) is 16.3. The molecule has 0 amide bonds. The van der Waals surface area contributed by atoms with Crippen molar-refractivity contribution in [1.82, 2.24) is 4.57 Å². The zero-order chi connectivity index (χ0) is 22.2. The summed E-state index contributed by atoms with van der Waals surface area (Å²) in [5, 5.41) is 2.53. The predicted molar refractivity (Wildman–Crippen MR) is 141 cm³/mol.